The van der Waals surface area contributed by atoms with Gasteiger partial charge in [-0.2, -0.15) is 0 Å². The van der Waals surface area contributed by atoms with Gasteiger partial charge in [-0.05, 0) is 36.6 Å². The predicted molar refractivity (Wildman–Crippen MR) is 79.5 cm³/mol. The second kappa shape index (κ2) is 6.85. The summed E-state index contributed by atoms with van der Waals surface area (Å²) in [7, 11) is 0. The zero-order chi connectivity index (χ0) is 14.4. The molecule has 0 aliphatic rings. The van der Waals surface area contributed by atoms with Crippen molar-refractivity contribution in [2.24, 2.45) is 0 Å². The number of benzene rings is 2. The van der Waals surface area contributed by atoms with Crippen molar-refractivity contribution < 1.29 is 14.9 Å². The Morgan fingerprint density at radius 3 is 2.40 bits per heavy atom. The van der Waals surface area contributed by atoms with E-state index in [1.807, 2.05) is 18.2 Å². The summed E-state index contributed by atoms with van der Waals surface area (Å²) in [4.78, 5) is 0. The van der Waals surface area contributed by atoms with Crippen molar-refractivity contribution >= 4 is 0 Å². The monoisotopic (exact) mass is 272 g/mol. The Bertz CT molecular complexity index is 550. The Balaban J connectivity index is 2.21. The molecule has 3 heteroatoms. The van der Waals surface area contributed by atoms with Crippen LogP contribution in [0.2, 0.25) is 0 Å². The number of hydrogen-bond donors (Lipinski definition) is 2. The Morgan fingerprint density at radius 1 is 0.950 bits per heavy atom. The summed E-state index contributed by atoms with van der Waals surface area (Å²) < 4.78 is 5.59. The lowest BCUT2D eigenvalue weighted by Gasteiger charge is -2.12. The fraction of sp³-hybridized carbons (Fsp3) is 0.294. The zero-order valence-electron chi connectivity index (χ0n) is 11.7. The number of aryl methyl sites for hydroxylation is 1. The molecule has 0 spiro atoms. The Kier molecular flexibility index (Phi) is 4.88. The normalized spacial score (nSPS) is 10.4. The van der Waals surface area contributed by atoms with Gasteiger partial charge in [-0.1, -0.05) is 44.0 Å². The summed E-state index contributed by atoms with van der Waals surface area (Å²) in [5.41, 5.74) is 0.808. The lowest BCUT2D eigenvalue weighted by Crippen LogP contribution is -1.91. The van der Waals surface area contributed by atoms with Gasteiger partial charge in [0.05, 0.1) is 0 Å². The molecule has 2 rings (SSSR count). The maximum Gasteiger partial charge on any atom is 0.210 e. The number of unbranched alkanes of at least 4 members (excludes halogenated alkanes) is 2. The van der Waals surface area contributed by atoms with Gasteiger partial charge in [-0.15, -0.1) is 0 Å². The third kappa shape index (κ3) is 3.44. The quantitative estimate of drug-likeness (QED) is 0.754. The minimum atomic E-state index is -0.0504. The minimum absolute atomic E-state index is 0.0324. The Labute approximate surface area is 119 Å². The predicted octanol–water partition coefficient (Wildman–Crippen LogP) is 4.62. The van der Waals surface area contributed by atoms with Gasteiger partial charge in [-0.3, -0.25) is 0 Å². The van der Waals surface area contributed by atoms with E-state index >= 15 is 0 Å². The summed E-state index contributed by atoms with van der Waals surface area (Å²) in [5, 5.41) is 20.1. The van der Waals surface area contributed by atoms with E-state index in [1.54, 1.807) is 24.3 Å². The van der Waals surface area contributed by atoms with Crippen molar-refractivity contribution in [3.63, 3.8) is 0 Å². The maximum absolute atomic E-state index is 10.2. The molecule has 3 nitrogen and oxygen atoms in total. The van der Waals surface area contributed by atoms with Crippen LogP contribution in [0.3, 0.4) is 0 Å². The van der Waals surface area contributed by atoms with Crippen LogP contribution in [0, 0.1) is 0 Å². The summed E-state index contributed by atoms with van der Waals surface area (Å²) in [6.07, 6.45) is 4.05. The topological polar surface area (TPSA) is 49.7 Å². The molecule has 0 saturated heterocycles. The van der Waals surface area contributed by atoms with Crippen LogP contribution in [0.5, 0.6) is 23.0 Å². The van der Waals surface area contributed by atoms with E-state index in [-0.39, 0.29) is 17.2 Å². The van der Waals surface area contributed by atoms with Crippen LogP contribution in [0.1, 0.15) is 31.7 Å². The summed E-state index contributed by atoms with van der Waals surface area (Å²) in [6, 6.07) is 12.4. The van der Waals surface area contributed by atoms with Crippen LogP contribution in [0.25, 0.3) is 0 Å². The lowest BCUT2D eigenvalue weighted by atomic mass is 10.1. The Morgan fingerprint density at radius 2 is 1.70 bits per heavy atom. The standard InChI is InChI=1S/C17H20O3/c1-2-3-5-8-13-11-12-15(18)17(16(13)19)20-14-9-6-4-7-10-14/h4,6-7,9-12,18-19H,2-3,5,8H2,1H3. The highest BCUT2D eigenvalue weighted by atomic mass is 16.5. The molecule has 0 heterocycles. The number of ether oxygens (including phenoxy) is 1. The molecule has 2 aromatic carbocycles. The molecule has 0 radical (unpaired) electrons. The van der Waals surface area contributed by atoms with Crippen molar-refractivity contribution in [3.05, 3.63) is 48.0 Å². The van der Waals surface area contributed by atoms with Gasteiger partial charge in [0, 0.05) is 0 Å². The van der Waals surface area contributed by atoms with Crippen LogP contribution in [0.15, 0.2) is 42.5 Å². The highest BCUT2D eigenvalue weighted by molar-refractivity contribution is 5.55. The molecule has 0 fully saturated rings. The SMILES string of the molecule is CCCCCc1ccc(O)c(Oc2ccccc2)c1O. The number of phenols is 2. The van der Waals surface area contributed by atoms with Gasteiger partial charge in [-0.25, -0.2) is 0 Å². The molecule has 0 aromatic heterocycles. The average molecular weight is 272 g/mol. The Hall–Kier alpha value is -2.16. The van der Waals surface area contributed by atoms with Crippen molar-refractivity contribution in [1.29, 1.82) is 0 Å². The van der Waals surface area contributed by atoms with Crippen LogP contribution in [0.4, 0.5) is 0 Å². The molecule has 2 aromatic rings. The van der Waals surface area contributed by atoms with Gasteiger partial charge < -0.3 is 14.9 Å². The number of hydrogen-bond acceptors (Lipinski definition) is 3. The molecule has 0 atom stereocenters. The highest BCUT2D eigenvalue weighted by Gasteiger charge is 2.14. The maximum atomic E-state index is 10.2. The molecule has 20 heavy (non-hydrogen) atoms. The van der Waals surface area contributed by atoms with Crippen LogP contribution in [-0.2, 0) is 6.42 Å². The van der Waals surface area contributed by atoms with E-state index < -0.39 is 0 Å². The van der Waals surface area contributed by atoms with Crippen molar-refractivity contribution in [1.82, 2.24) is 0 Å². The van der Waals surface area contributed by atoms with Gasteiger partial charge >= 0.3 is 0 Å². The fourth-order valence-corrected chi connectivity index (χ4v) is 2.08. The van der Waals surface area contributed by atoms with E-state index in [1.165, 1.54) is 0 Å². The average Bonchev–Trinajstić information content (AvgIpc) is 2.47. The molecule has 0 bridgehead atoms. The second-order valence-corrected chi connectivity index (χ2v) is 4.79. The smallest absolute Gasteiger partial charge is 0.210 e. The first-order valence-electron chi connectivity index (χ1n) is 6.99. The van der Waals surface area contributed by atoms with Gasteiger partial charge in [0.25, 0.3) is 0 Å². The summed E-state index contributed by atoms with van der Waals surface area (Å²) >= 11 is 0. The molecule has 2 N–H and O–H groups in total. The molecular formula is C17H20O3. The van der Waals surface area contributed by atoms with Gasteiger partial charge in [0.1, 0.15) is 5.75 Å². The first-order valence-corrected chi connectivity index (χ1v) is 6.99. The van der Waals surface area contributed by atoms with E-state index in [9.17, 15) is 10.2 Å². The summed E-state index contributed by atoms with van der Waals surface area (Å²) in [6.45, 7) is 2.14. The highest BCUT2D eigenvalue weighted by Crippen LogP contribution is 2.41. The summed E-state index contributed by atoms with van der Waals surface area (Å²) in [5.74, 6) is 0.699. The number of aromatic hydroxyl groups is 2. The third-order valence-corrected chi connectivity index (χ3v) is 3.21. The second-order valence-electron chi connectivity index (χ2n) is 4.79. The largest absolute Gasteiger partial charge is 0.504 e. The molecule has 0 unspecified atom stereocenters. The van der Waals surface area contributed by atoms with Crippen LogP contribution >= 0.6 is 0 Å². The van der Waals surface area contributed by atoms with E-state index in [2.05, 4.69) is 6.92 Å². The molecule has 0 amide bonds. The van der Waals surface area contributed by atoms with Crippen LogP contribution < -0.4 is 4.74 Å². The molecule has 0 aliphatic heterocycles. The van der Waals surface area contributed by atoms with Crippen molar-refractivity contribution in [2.75, 3.05) is 0 Å². The molecule has 106 valence electrons. The number of rotatable bonds is 6. The van der Waals surface area contributed by atoms with Gasteiger partial charge in [0.15, 0.2) is 11.5 Å². The third-order valence-electron chi connectivity index (χ3n) is 3.21. The number of phenolic OH excluding ortho intramolecular Hbond substituents is 2. The van der Waals surface area contributed by atoms with E-state index in [4.69, 9.17) is 4.74 Å². The van der Waals surface area contributed by atoms with Gasteiger partial charge in [0.2, 0.25) is 5.75 Å². The zero-order valence-corrected chi connectivity index (χ0v) is 11.7. The first-order chi connectivity index (χ1) is 9.72. The van der Waals surface area contributed by atoms with Crippen LogP contribution in [-0.4, -0.2) is 10.2 Å². The van der Waals surface area contributed by atoms with Crippen molar-refractivity contribution in [3.8, 4) is 23.0 Å². The van der Waals surface area contributed by atoms with E-state index in [0.717, 1.165) is 31.2 Å². The molecule has 0 saturated carbocycles. The first kappa shape index (κ1) is 14.3. The van der Waals surface area contributed by atoms with Crippen molar-refractivity contribution in [2.45, 2.75) is 32.6 Å². The number of para-hydroxylation sites is 1. The minimum Gasteiger partial charge on any atom is -0.504 e. The fourth-order valence-electron chi connectivity index (χ4n) is 2.08. The lowest BCUT2D eigenvalue weighted by molar-refractivity contribution is 0.373. The molecular weight excluding hydrogens is 252 g/mol. The molecule has 0 aliphatic carbocycles. The van der Waals surface area contributed by atoms with E-state index in [0.29, 0.717) is 5.75 Å².